The average molecular weight is 186 g/mol. The molecule has 0 heterocycles. The van der Waals surface area contributed by atoms with Crippen LogP contribution in [0.2, 0.25) is 0 Å². The zero-order chi connectivity index (χ0) is 9.97. The van der Waals surface area contributed by atoms with Gasteiger partial charge in [0, 0.05) is 4.92 Å². The third-order valence-corrected chi connectivity index (χ3v) is 2.07. The molecule has 0 bridgehead atoms. The molecule has 2 aromatic carbocycles. The van der Waals surface area contributed by atoms with E-state index in [-0.39, 0.29) is 10.6 Å². The van der Waals surface area contributed by atoms with Crippen LogP contribution in [-0.4, -0.2) is 4.92 Å². The molecule has 14 heavy (non-hydrogen) atoms. The standard InChI is InChI=1S/C11H8NO2/c13-12(14)11-8-4-3-7-10(11)9-5-1-2-6-9/h1-8H/q-1. The van der Waals surface area contributed by atoms with E-state index in [1.807, 2.05) is 24.3 Å². The molecule has 0 radical (unpaired) electrons. The average Bonchev–Trinajstić information content (AvgIpc) is 2.70. The zero-order valence-corrected chi connectivity index (χ0v) is 7.38. The molecule has 0 saturated carbocycles. The number of nitrogens with zero attached hydrogens (tertiary/aromatic N) is 1. The van der Waals surface area contributed by atoms with E-state index in [2.05, 4.69) is 0 Å². The molecule has 0 spiro atoms. The van der Waals surface area contributed by atoms with E-state index in [1.165, 1.54) is 6.07 Å². The van der Waals surface area contributed by atoms with Gasteiger partial charge in [-0.2, -0.15) is 12.1 Å². The van der Waals surface area contributed by atoms with Gasteiger partial charge >= 0.3 is 0 Å². The molecule has 0 atom stereocenters. The first kappa shape index (κ1) is 8.56. The highest BCUT2D eigenvalue weighted by Gasteiger charge is 2.06. The highest BCUT2D eigenvalue weighted by Crippen LogP contribution is 2.29. The summed E-state index contributed by atoms with van der Waals surface area (Å²) in [7, 11) is 0. The molecule has 0 N–H and O–H groups in total. The first-order valence-electron chi connectivity index (χ1n) is 4.24. The van der Waals surface area contributed by atoms with Crippen LogP contribution in [0.1, 0.15) is 0 Å². The molecule has 0 amide bonds. The Morgan fingerprint density at radius 2 is 1.71 bits per heavy atom. The molecular formula is C11H8NO2-. The maximum atomic E-state index is 10.7. The van der Waals surface area contributed by atoms with Crippen LogP contribution in [0.3, 0.4) is 0 Å². The minimum absolute atomic E-state index is 0.152. The van der Waals surface area contributed by atoms with Crippen molar-refractivity contribution in [3.8, 4) is 11.1 Å². The van der Waals surface area contributed by atoms with Gasteiger partial charge < -0.3 is 0 Å². The lowest BCUT2D eigenvalue weighted by Gasteiger charge is -2.05. The van der Waals surface area contributed by atoms with Gasteiger partial charge in [0.1, 0.15) is 0 Å². The van der Waals surface area contributed by atoms with Crippen molar-refractivity contribution in [1.82, 2.24) is 0 Å². The highest BCUT2D eigenvalue weighted by atomic mass is 16.6. The fraction of sp³-hybridized carbons (Fsp3) is 0. The lowest BCUT2D eigenvalue weighted by Crippen LogP contribution is -1.90. The van der Waals surface area contributed by atoms with E-state index in [0.29, 0.717) is 5.56 Å². The van der Waals surface area contributed by atoms with Crippen molar-refractivity contribution < 1.29 is 4.92 Å². The predicted octanol–water partition coefficient (Wildman–Crippen LogP) is 2.98. The Kier molecular flexibility index (Phi) is 2.07. The smallest absolute Gasteiger partial charge is 0.214 e. The Morgan fingerprint density at radius 1 is 1.07 bits per heavy atom. The fourth-order valence-electron chi connectivity index (χ4n) is 1.43. The van der Waals surface area contributed by atoms with Crippen molar-refractivity contribution in [3.05, 3.63) is 58.6 Å². The van der Waals surface area contributed by atoms with Gasteiger partial charge in [-0.15, -0.1) is 18.2 Å². The van der Waals surface area contributed by atoms with E-state index in [4.69, 9.17) is 0 Å². The summed E-state index contributed by atoms with van der Waals surface area (Å²) in [6, 6.07) is 14.2. The fourth-order valence-corrected chi connectivity index (χ4v) is 1.43. The number of nitro groups is 1. The second kappa shape index (κ2) is 3.38. The Balaban J connectivity index is 2.58. The van der Waals surface area contributed by atoms with E-state index in [0.717, 1.165) is 5.56 Å². The molecule has 2 rings (SSSR count). The third kappa shape index (κ3) is 1.40. The van der Waals surface area contributed by atoms with Gasteiger partial charge in [-0.1, -0.05) is 17.7 Å². The van der Waals surface area contributed by atoms with E-state index in [9.17, 15) is 10.1 Å². The van der Waals surface area contributed by atoms with Crippen LogP contribution in [0.5, 0.6) is 0 Å². The summed E-state index contributed by atoms with van der Waals surface area (Å²) < 4.78 is 0. The van der Waals surface area contributed by atoms with Gasteiger partial charge in [0.05, 0.1) is 0 Å². The molecule has 70 valence electrons. The van der Waals surface area contributed by atoms with Gasteiger partial charge in [0.25, 0.3) is 0 Å². The largest absolute Gasteiger partial charge is 0.266 e. The summed E-state index contributed by atoms with van der Waals surface area (Å²) in [6.07, 6.45) is 0. The molecule has 0 fully saturated rings. The molecule has 0 aliphatic rings. The maximum absolute atomic E-state index is 10.7. The molecule has 3 nitrogen and oxygen atoms in total. The van der Waals surface area contributed by atoms with Crippen molar-refractivity contribution in [1.29, 1.82) is 0 Å². The Hall–Kier alpha value is -2.03. The lowest BCUT2D eigenvalue weighted by molar-refractivity contribution is -0.384. The van der Waals surface area contributed by atoms with Crippen molar-refractivity contribution in [3.63, 3.8) is 0 Å². The molecule has 0 saturated heterocycles. The predicted molar refractivity (Wildman–Crippen MR) is 54.1 cm³/mol. The van der Waals surface area contributed by atoms with Crippen LogP contribution in [-0.2, 0) is 0 Å². The molecule has 0 aliphatic heterocycles. The van der Waals surface area contributed by atoms with Crippen molar-refractivity contribution >= 4 is 5.69 Å². The monoisotopic (exact) mass is 186 g/mol. The molecule has 0 unspecified atom stereocenters. The number of hydrogen-bond donors (Lipinski definition) is 0. The summed E-state index contributed by atoms with van der Waals surface area (Å²) >= 11 is 0. The van der Waals surface area contributed by atoms with Gasteiger partial charge in [-0.25, -0.2) is 0 Å². The number of benzene rings is 1. The molecule has 2 aromatic rings. The molecule has 3 heteroatoms. The Morgan fingerprint density at radius 3 is 2.36 bits per heavy atom. The van der Waals surface area contributed by atoms with Crippen LogP contribution in [0.25, 0.3) is 11.1 Å². The van der Waals surface area contributed by atoms with Gasteiger partial charge in [-0.05, 0) is 11.6 Å². The number of rotatable bonds is 2. The van der Waals surface area contributed by atoms with Crippen LogP contribution in [0, 0.1) is 10.1 Å². The first-order valence-corrected chi connectivity index (χ1v) is 4.24. The summed E-state index contributed by atoms with van der Waals surface area (Å²) in [6.45, 7) is 0. The van der Waals surface area contributed by atoms with E-state index >= 15 is 0 Å². The number of para-hydroxylation sites is 1. The maximum Gasteiger partial charge on any atom is 0.214 e. The summed E-state index contributed by atoms with van der Waals surface area (Å²) in [5, 5.41) is 10.7. The topological polar surface area (TPSA) is 43.1 Å². The van der Waals surface area contributed by atoms with E-state index in [1.54, 1.807) is 18.2 Å². The van der Waals surface area contributed by atoms with Gasteiger partial charge in [0.15, 0.2) is 0 Å². The van der Waals surface area contributed by atoms with Crippen LogP contribution < -0.4 is 0 Å². The molecular weight excluding hydrogens is 178 g/mol. The summed E-state index contributed by atoms with van der Waals surface area (Å²) in [5.74, 6) is 0. The van der Waals surface area contributed by atoms with Crippen LogP contribution >= 0.6 is 0 Å². The van der Waals surface area contributed by atoms with Crippen LogP contribution in [0.15, 0.2) is 48.5 Å². The van der Waals surface area contributed by atoms with E-state index < -0.39 is 0 Å². The first-order chi connectivity index (χ1) is 6.79. The van der Waals surface area contributed by atoms with Crippen molar-refractivity contribution in [2.75, 3.05) is 0 Å². The van der Waals surface area contributed by atoms with Gasteiger partial charge in [-0.3, -0.25) is 10.1 Å². The minimum Gasteiger partial charge on any atom is -0.266 e. The Bertz CT molecular complexity index is 446. The molecule has 0 aliphatic carbocycles. The minimum atomic E-state index is -0.359. The van der Waals surface area contributed by atoms with Gasteiger partial charge in [0.2, 0.25) is 5.69 Å². The SMILES string of the molecule is O=[N+]([O-])c1ccccc1-[c-]1cccc1. The zero-order valence-electron chi connectivity index (χ0n) is 7.38. The normalized spacial score (nSPS) is 10.0. The Labute approximate surface area is 81.1 Å². The number of nitro benzene ring substituents is 1. The second-order valence-corrected chi connectivity index (χ2v) is 2.95. The summed E-state index contributed by atoms with van der Waals surface area (Å²) in [5.41, 5.74) is 1.71. The quantitative estimate of drug-likeness (QED) is 0.411. The third-order valence-electron chi connectivity index (χ3n) is 2.07. The van der Waals surface area contributed by atoms with Crippen molar-refractivity contribution in [2.24, 2.45) is 0 Å². The van der Waals surface area contributed by atoms with Crippen LogP contribution in [0.4, 0.5) is 5.69 Å². The second-order valence-electron chi connectivity index (χ2n) is 2.95. The highest BCUT2D eigenvalue weighted by molar-refractivity contribution is 5.73. The lowest BCUT2D eigenvalue weighted by atomic mass is 10.1. The number of hydrogen-bond acceptors (Lipinski definition) is 2. The van der Waals surface area contributed by atoms with Crippen molar-refractivity contribution in [2.45, 2.75) is 0 Å². The molecule has 0 aromatic heterocycles. The summed E-state index contributed by atoms with van der Waals surface area (Å²) in [4.78, 5) is 10.4.